The molecule has 3 amide bonds. The number of amides is 3. The van der Waals surface area contributed by atoms with Crippen molar-refractivity contribution in [2.24, 2.45) is 0 Å². The molecule has 1 heterocycles. The van der Waals surface area contributed by atoms with Gasteiger partial charge in [0, 0.05) is 37.4 Å². The van der Waals surface area contributed by atoms with E-state index in [1.165, 1.54) is 0 Å². The third-order valence-corrected chi connectivity index (χ3v) is 3.54. The molecule has 0 saturated carbocycles. The normalized spacial score (nSPS) is 14.2. The van der Waals surface area contributed by atoms with Gasteiger partial charge in [-0.15, -0.1) is 0 Å². The van der Waals surface area contributed by atoms with Crippen LogP contribution in [0.2, 0.25) is 0 Å². The van der Waals surface area contributed by atoms with Crippen LogP contribution in [0.4, 0.5) is 11.4 Å². The summed E-state index contributed by atoms with van der Waals surface area (Å²) in [5.74, 6) is -1.31. The lowest BCUT2D eigenvalue weighted by molar-refractivity contribution is -0.136. The second-order valence-electron chi connectivity index (χ2n) is 5.71. The molecule has 23 heavy (non-hydrogen) atoms. The molecule has 2 N–H and O–H groups in total. The van der Waals surface area contributed by atoms with Crippen molar-refractivity contribution in [3.63, 3.8) is 0 Å². The fraction of sp³-hybridized carbons (Fsp3) is 0.438. The Morgan fingerprint density at radius 1 is 1.26 bits per heavy atom. The molecule has 0 spiro atoms. The summed E-state index contributed by atoms with van der Waals surface area (Å²) in [6, 6.07) is 6.96. The molecule has 1 aliphatic rings. The van der Waals surface area contributed by atoms with E-state index in [1.54, 1.807) is 23.1 Å². The van der Waals surface area contributed by atoms with Crippen LogP contribution in [0.25, 0.3) is 0 Å². The van der Waals surface area contributed by atoms with Gasteiger partial charge < -0.3 is 20.4 Å². The highest BCUT2D eigenvalue weighted by molar-refractivity contribution is 6.39. The third kappa shape index (κ3) is 4.79. The van der Waals surface area contributed by atoms with E-state index < -0.39 is 11.8 Å². The number of nitrogens with one attached hydrogen (secondary N) is 2. The molecule has 1 aromatic carbocycles. The van der Waals surface area contributed by atoms with Gasteiger partial charge in [-0.1, -0.05) is 6.07 Å². The highest BCUT2D eigenvalue weighted by Gasteiger charge is 2.22. The fourth-order valence-corrected chi connectivity index (χ4v) is 2.33. The van der Waals surface area contributed by atoms with Crippen LogP contribution in [0.3, 0.4) is 0 Å². The Morgan fingerprint density at radius 2 is 2.04 bits per heavy atom. The maximum Gasteiger partial charge on any atom is 0.313 e. The van der Waals surface area contributed by atoms with Crippen molar-refractivity contribution in [2.75, 3.05) is 43.9 Å². The number of rotatable bonds is 5. The van der Waals surface area contributed by atoms with Crippen molar-refractivity contribution in [3.8, 4) is 0 Å². The number of likely N-dealkylation sites (N-methyl/N-ethyl adjacent to an activating group) is 1. The van der Waals surface area contributed by atoms with Gasteiger partial charge in [0.25, 0.3) is 0 Å². The Kier molecular flexibility index (Phi) is 5.70. The number of carbonyl (C=O) groups excluding carboxylic acids is 3. The lowest BCUT2D eigenvalue weighted by Gasteiger charge is -2.16. The van der Waals surface area contributed by atoms with Crippen LogP contribution in [0.1, 0.15) is 12.8 Å². The first-order valence-corrected chi connectivity index (χ1v) is 7.61. The SMILES string of the molecule is CN(C)CCNC(=O)C(=O)Nc1cccc(N2CCCC2=O)c1. The van der Waals surface area contributed by atoms with E-state index in [1.807, 2.05) is 25.1 Å². The Balaban J connectivity index is 1.93. The van der Waals surface area contributed by atoms with Crippen LogP contribution in [0.15, 0.2) is 24.3 Å². The van der Waals surface area contributed by atoms with Crippen molar-refractivity contribution in [2.45, 2.75) is 12.8 Å². The molecule has 2 rings (SSSR count). The predicted molar refractivity (Wildman–Crippen MR) is 88.2 cm³/mol. The second kappa shape index (κ2) is 7.73. The van der Waals surface area contributed by atoms with Gasteiger partial charge in [0.2, 0.25) is 5.91 Å². The van der Waals surface area contributed by atoms with Crippen molar-refractivity contribution >= 4 is 29.1 Å². The molecule has 1 aromatic rings. The number of nitrogens with zero attached hydrogens (tertiary/aromatic N) is 2. The lowest BCUT2D eigenvalue weighted by Crippen LogP contribution is -2.38. The van der Waals surface area contributed by atoms with E-state index in [4.69, 9.17) is 0 Å². The Morgan fingerprint density at radius 3 is 2.70 bits per heavy atom. The fourth-order valence-electron chi connectivity index (χ4n) is 2.33. The second-order valence-corrected chi connectivity index (χ2v) is 5.71. The summed E-state index contributed by atoms with van der Waals surface area (Å²) in [6.45, 7) is 1.74. The van der Waals surface area contributed by atoms with Gasteiger partial charge in [-0.25, -0.2) is 0 Å². The van der Waals surface area contributed by atoms with Gasteiger partial charge in [-0.3, -0.25) is 14.4 Å². The van der Waals surface area contributed by atoms with Gasteiger partial charge in [-0.2, -0.15) is 0 Å². The summed E-state index contributed by atoms with van der Waals surface area (Å²) in [6.07, 6.45) is 1.38. The summed E-state index contributed by atoms with van der Waals surface area (Å²) in [7, 11) is 3.77. The first-order valence-electron chi connectivity index (χ1n) is 7.61. The Bertz CT molecular complexity index is 601. The van der Waals surface area contributed by atoms with Gasteiger partial charge in [0.1, 0.15) is 0 Å². The summed E-state index contributed by atoms with van der Waals surface area (Å²) in [4.78, 5) is 38.9. The van der Waals surface area contributed by atoms with E-state index in [0.717, 1.165) is 12.1 Å². The smallest absolute Gasteiger partial charge is 0.313 e. The quantitative estimate of drug-likeness (QED) is 0.772. The molecule has 124 valence electrons. The largest absolute Gasteiger partial charge is 0.347 e. The minimum Gasteiger partial charge on any atom is -0.347 e. The predicted octanol–water partition coefficient (Wildman–Crippen LogP) is 0.430. The topological polar surface area (TPSA) is 81.8 Å². The highest BCUT2D eigenvalue weighted by atomic mass is 16.2. The Labute approximate surface area is 135 Å². The van der Waals surface area contributed by atoms with E-state index in [9.17, 15) is 14.4 Å². The molecule has 0 radical (unpaired) electrons. The lowest BCUT2D eigenvalue weighted by atomic mass is 10.2. The average molecular weight is 318 g/mol. The maximum absolute atomic E-state index is 11.9. The van der Waals surface area contributed by atoms with Crippen LogP contribution in [0.5, 0.6) is 0 Å². The van der Waals surface area contributed by atoms with Crippen molar-refractivity contribution in [1.82, 2.24) is 10.2 Å². The molecule has 0 bridgehead atoms. The Hall–Kier alpha value is -2.41. The van der Waals surface area contributed by atoms with Crippen molar-refractivity contribution in [1.29, 1.82) is 0 Å². The molecule has 1 saturated heterocycles. The molecule has 1 aliphatic heterocycles. The van der Waals surface area contributed by atoms with Crippen LogP contribution in [-0.2, 0) is 14.4 Å². The van der Waals surface area contributed by atoms with Crippen LogP contribution < -0.4 is 15.5 Å². The molecular formula is C16H22N4O3. The number of hydrogen-bond acceptors (Lipinski definition) is 4. The number of anilines is 2. The summed E-state index contributed by atoms with van der Waals surface area (Å²) < 4.78 is 0. The molecular weight excluding hydrogens is 296 g/mol. The minimum atomic E-state index is -0.714. The van der Waals surface area contributed by atoms with E-state index in [0.29, 0.717) is 31.7 Å². The van der Waals surface area contributed by atoms with Gasteiger partial charge >= 0.3 is 11.8 Å². The van der Waals surface area contributed by atoms with Crippen molar-refractivity contribution in [3.05, 3.63) is 24.3 Å². The molecule has 7 heteroatoms. The minimum absolute atomic E-state index is 0.0786. The van der Waals surface area contributed by atoms with Crippen LogP contribution >= 0.6 is 0 Å². The molecule has 0 atom stereocenters. The molecule has 7 nitrogen and oxygen atoms in total. The number of benzene rings is 1. The van der Waals surface area contributed by atoms with E-state index >= 15 is 0 Å². The molecule has 0 aromatic heterocycles. The first kappa shape index (κ1) is 17.0. The van der Waals surface area contributed by atoms with Gasteiger partial charge in [0.05, 0.1) is 0 Å². The molecule has 0 aliphatic carbocycles. The summed E-state index contributed by atoms with van der Waals surface area (Å²) >= 11 is 0. The van der Waals surface area contributed by atoms with Crippen LogP contribution in [0, 0.1) is 0 Å². The zero-order chi connectivity index (χ0) is 16.8. The maximum atomic E-state index is 11.9. The first-order chi connectivity index (χ1) is 11.0. The van der Waals surface area contributed by atoms with Crippen molar-refractivity contribution < 1.29 is 14.4 Å². The average Bonchev–Trinajstić information content (AvgIpc) is 2.93. The number of hydrogen-bond donors (Lipinski definition) is 2. The van der Waals surface area contributed by atoms with E-state index in [2.05, 4.69) is 10.6 Å². The summed E-state index contributed by atoms with van der Waals surface area (Å²) in [5.41, 5.74) is 1.23. The molecule has 1 fully saturated rings. The third-order valence-electron chi connectivity index (χ3n) is 3.54. The van der Waals surface area contributed by atoms with Gasteiger partial charge in [0.15, 0.2) is 0 Å². The molecule has 0 unspecified atom stereocenters. The number of carbonyl (C=O) groups is 3. The highest BCUT2D eigenvalue weighted by Crippen LogP contribution is 2.24. The van der Waals surface area contributed by atoms with Gasteiger partial charge in [-0.05, 0) is 38.7 Å². The standard InChI is InChI=1S/C16H22N4O3/c1-19(2)10-8-17-15(22)16(23)18-12-5-3-6-13(11-12)20-9-4-7-14(20)21/h3,5-6,11H,4,7-10H2,1-2H3,(H,17,22)(H,18,23). The monoisotopic (exact) mass is 318 g/mol. The van der Waals surface area contributed by atoms with E-state index in [-0.39, 0.29) is 5.91 Å². The van der Waals surface area contributed by atoms with Crippen LogP contribution in [-0.4, -0.2) is 56.4 Å². The summed E-state index contributed by atoms with van der Waals surface area (Å²) in [5, 5.41) is 5.11. The zero-order valence-electron chi connectivity index (χ0n) is 13.5. The zero-order valence-corrected chi connectivity index (χ0v) is 13.5.